The van der Waals surface area contributed by atoms with Crippen molar-refractivity contribution in [3.63, 3.8) is 0 Å². The third-order valence-corrected chi connectivity index (χ3v) is 2.03. The second-order valence-electron chi connectivity index (χ2n) is 3.49. The quantitative estimate of drug-likeness (QED) is 0.654. The third-order valence-electron chi connectivity index (χ3n) is 2.03. The molecule has 1 rings (SSSR count). The second-order valence-corrected chi connectivity index (χ2v) is 3.49. The molecule has 76 valence electrons. The van der Waals surface area contributed by atoms with E-state index in [-0.39, 0.29) is 12.0 Å². The maximum absolute atomic E-state index is 11.2. The van der Waals surface area contributed by atoms with Crippen molar-refractivity contribution in [1.82, 2.24) is 5.32 Å². The Bertz CT molecular complexity index is 164. The van der Waals surface area contributed by atoms with E-state index in [1.165, 1.54) is 0 Å². The Labute approximate surface area is 78.3 Å². The molecule has 1 amide bonds. The fraction of sp³-hybridized carbons (Fsp3) is 0.889. The predicted molar refractivity (Wildman–Crippen MR) is 48.3 cm³/mol. The Morgan fingerprint density at radius 2 is 2.54 bits per heavy atom. The van der Waals surface area contributed by atoms with Gasteiger partial charge in [-0.15, -0.1) is 0 Å². The van der Waals surface area contributed by atoms with Gasteiger partial charge in [-0.25, -0.2) is 0 Å². The second kappa shape index (κ2) is 5.19. The maximum Gasteiger partial charge on any atom is 0.222 e. The van der Waals surface area contributed by atoms with Gasteiger partial charge in [-0.05, 0) is 19.8 Å². The molecule has 1 aliphatic heterocycles. The largest absolute Gasteiger partial charge is 0.392 e. The van der Waals surface area contributed by atoms with E-state index in [0.717, 1.165) is 19.4 Å². The average molecular weight is 187 g/mol. The van der Waals surface area contributed by atoms with E-state index in [1.54, 1.807) is 6.92 Å². The van der Waals surface area contributed by atoms with E-state index in [9.17, 15) is 4.79 Å². The van der Waals surface area contributed by atoms with Gasteiger partial charge in [0.15, 0.2) is 0 Å². The monoisotopic (exact) mass is 187 g/mol. The summed E-state index contributed by atoms with van der Waals surface area (Å²) in [5.74, 6) is -0.0344. The normalized spacial score (nSPS) is 24.3. The van der Waals surface area contributed by atoms with Crippen LogP contribution in [0.5, 0.6) is 0 Å². The Balaban J connectivity index is 2.09. The minimum atomic E-state index is -0.478. The first-order valence-corrected chi connectivity index (χ1v) is 4.75. The molecule has 0 aliphatic carbocycles. The molecular weight excluding hydrogens is 170 g/mol. The molecule has 0 saturated carbocycles. The number of hydrogen-bond donors (Lipinski definition) is 2. The van der Waals surface area contributed by atoms with Crippen molar-refractivity contribution < 1.29 is 14.6 Å². The number of aliphatic hydroxyl groups is 1. The molecule has 1 heterocycles. The minimum Gasteiger partial charge on any atom is -0.392 e. The molecule has 0 spiro atoms. The molecular formula is C9H17NO3. The van der Waals surface area contributed by atoms with Crippen molar-refractivity contribution in [2.45, 2.75) is 38.4 Å². The summed E-state index contributed by atoms with van der Waals surface area (Å²) in [6.07, 6.45) is 2.06. The number of amides is 1. The van der Waals surface area contributed by atoms with E-state index >= 15 is 0 Å². The predicted octanol–water partition coefficient (Wildman–Crippen LogP) is 0.0525. The molecule has 0 aromatic rings. The standard InChI is InChI=1S/C9H17NO3/c1-7(11)6-10-9(12)5-8-3-2-4-13-8/h7-8,11H,2-6H2,1H3,(H,10,12)/t7-,8?/m0/s1. The summed E-state index contributed by atoms with van der Waals surface area (Å²) in [7, 11) is 0. The lowest BCUT2D eigenvalue weighted by atomic mass is 10.2. The summed E-state index contributed by atoms with van der Waals surface area (Å²) in [6, 6.07) is 0. The summed E-state index contributed by atoms with van der Waals surface area (Å²) in [4.78, 5) is 11.2. The highest BCUT2D eigenvalue weighted by Gasteiger charge is 2.18. The first-order valence-electron chi connectivity index (χ1n) is 4.75. The Kier molecular flexibility index (Phi) is 4.18. The number of aliphatic hydroxyl groups excluding tert-OH is 1. The van der Waals surface area contributed by atoms with E-state index in [4.69, 9.17) is 9.84 Å². The van der Waals surface area contributed by atoms with Gasteiger partial charge in [-0.1, -0.05) is 0 Å². The number of rotatable bonds is 4. The lowest BCUT2D eigenvalue weighted by Gasteiger charge is -2.10. The smallest absolute Gasteiger partial charge is 0.222 e. The third kappa shape index (κ3) is 4.24. The van der Waals surface area contributed by atoms with E-state index < -0.39 is 6.10 Å². The van der Waals surface area contributed by atoms with Crippen LogP contribution in [0.3, 0.4) is 0 Å². The zero-order valence-electron chi connectivity index (χ0n) is 7.95. The molecule has 0 aromatic carbocycles. The van der Waals surface area contributed by atoms with Crippen LogP contribution < -0.4 is 5.32 Å². The zero-order chi connectivity index (χ0) is 9.68. The molecule has 4 nitrogen and oxygen atoms in total. The first kappa shape index (κ1) is 10.5. The van der Waals surface area contributed by atoms with Crippen LogP contribution in [0, 0.1) is 0 Å². The van der Waals surface area contributed by atoms with Gasteiger partial charge in [0.25, 0.3) is 0 Å². The van der Waals surface area contributed by atoms with Gasteiger partial charge < -0.3 is 15.2 Å². The average Bonchev–Trinajstić information content (AvgIpc) is 2.53. The summed E-state index contributed by atoms with van der Waals surface area (Å²) >= 11 is 0. The molecule has 1 saturated heterocycles. The van der Waals surface area contributed by atoms with Crippen LogP contribution in [-0.2, 0) is 9.53 Å². The van der Waals surface area contributed by atoms with Crippen molar-refractivity contribution in [3.05, 3.63) is 0 Å². The van der Waals surface area contributed by atoms with Crippen LogP contribution in [0.2, 0.25) is 0 Å². The maximum atomic E-state index is 11.2. The van der Waals surface area contributed by atoms with Crippen molar-refractivity contribution in [2.75, 3.05) is 13.2 Å². The van der Waals surface area contributed by atoms with Crippen molar-refractivity contribution >= 4 is 5.91 Å². The van der Waals surface area contributed by atoms with Crippen LogP contribution >= 0.6 is 0 Å². The summed E-state index contributed by atoms with van der Waals surface area (Å²) in [6.45, 7) is 2.74. The Morgan fingerprint density at radius 1 is 1.77 bits per heavy atom. The molecule has 13 heavy (non-hydrogen) atoms. The zero-order valence-corrected chi connectivity index (χ0v) is 7.95. The van der Waals surface area contributed by atoms with Crippen molar-refractivity contribution in [3.8, 4) is 0 Å². The lowest BCUT2D eigenvalue weighted by molar-refractivity contribution is -0.123. The van der Waals surface area contributed by atoms with Gasteiger partial charge in [0.05, 0.1) is 18.6 Å². The summed E-state index contributed by atoms with van der Waals surface area (Å²) in [5, 5.41) is 11.6. The van der Waals surface area contributed by atoms with E-state index in [2.05, 4.69) is 5.32 Å². The molecule has 2 N–H and O–H groups in total. The molecule has 1 aliphatic rings. The van der Waals surface area contributed by atoms with E-state index in [0.29, 0.717) is 13.0 Å². The van der Waals surface area contributed by atoms with Crippen molar-refractivity contribution in [1.29, 1.82) is 0 Å². The van der Waals surface area contributed by atoms with Crippen LogP contribution in [-0.4, -0.2) is 36.4 Å². The Morgan fingerprint density at radius 3 is 3.08 bits per heavy atom. The number of carbonyl (C=O) groups is 1. The van der Waals surface area contributed by atoms with Crippen LogP contribution in [0.25, 0.3) is 0 Å². The molecule has 4 heteroatoms. The van der Waals surface area contributed by atoms with Crippen LogP contribution in [0.4, 0.5) is 0 Å². The summed E-state index contributed by atoms with van der Waals surface area (Å²) < 4.78 is 5.31. The Hall–Kier alpha value is -0.610. The van der Waals surface area contributed by atoms with E-state index in [1.807, 2.05) is 0 Å². The lowest BCUT2D eigenvalue weighted by Crippen LogP contribution is -2.32. The number of carbonyl (C=O) groups excluding carboxylic acids is 1. The minimum absolute atomic E-state index is 0.0344. The first-order chi connectivity index (χ1) is 6.18. The SMILES string of the molecule is C[C@H](O)CNC(=O)CC1CCCO1. The highest BCUT2D eigenvalue weighted by Crippen LogP contribution is 2.14. The highest BCUT2D eigenvalue weighted by atomic mass is 16.5. The molecule has 0 bridgehead atoms. The number of ether oxygens (including phenoxy) is 1. The van der Waals surface area contributed by atoms with Crippen molar-refractivity contribution in [2.24, 2.45) is 0 Å². The van der Waals surface area contributed by atoms with Gasteiger partial charge in [0.1, 0.15) is 0 Å². The highest BCUT2D eigenvalue weighted by molar-refractivity contribution is 5.76. The summed E-state index contributed by atoms with van der Waals surface area (Å²) in [5.41, 5.74) is 0. The fourth-order valence-electron chi connectivity index (χ4n) is 1.35. The van der Waals surface area contributed by atoms with Crippen LogP contribution in [0.1, 0.15) is 26.2 Å². The number of hydrogen-bond acceptors (Lipinski definition) is 3. The number of nitrogens with one attached hydrogen (secondary N) is 1. The van der Waals surface area contributed by atoms with Gasteiger partial charge in [0.2, 0.25) is 5.91 Å². The molecule has 0 aromatic heterocycles. The topological polar surface area (TPSA) is 58.6 Å². The van der Waals surface area contributed by atoms with Crippen LogP contribution in [0.15, 0.2) is 0 Å². The fourth-order valence-corrected chi connectivity index (χ4v) is 1.35. The molecule has 2 atom stereocenters. The van der Waals surface area contributed by atoms with Gasteiger partial charge in [-0.2, -0.15) is 0 Å². The van der Waals surface area contributed by atoms with Gasteiger partial charge in [0, 0.05) is 13.2 Å². The van der Waals surface area contributed by atoms with Gasteiger partial charge >= 0.3 is 0 Å². The molecule has 1 fully saturated rings. The molecule has 1 unspecified atom stereocenters. The van der Waals surface area contributed by atoms with Gasteiger partial charge in [-0.3, -0.25) is 4.79 Å². The molecule has 0 radical (unpaired) electrons.